The van der Waals surface area contributed by atoms with Crippen molar-refractivity contribution in [3.63, 3.8) is 0 Å². The van der Waals surface area contributed by atoms with Crippen molar-refractivity contribution in [3.05, 3.63) is 60.4 Å². The highest BCUT2D eigenvalue weighted by Gasteiger charge is 2.45. The molecule has 0 aliphatic carbocycles. The lowest BCUT2D eigenvalue weighted by molar-refractivity contribution is -0.0999. The molecule has 158 valence electrons. The number of hydrogen-bond acceptors (Lipinski definition) is 4. The van der Waals surface area contributed by atoms with E-state index >= 15 is 0 Å². The lowest BCUT2D eigenvalue weighted by atomic mass is 9.84. The number of rotatable bonds is 8. The molecular weight excluding hydrogens is 393 g/mol. The summed E-state index contributed by atoms with van der Waals surface area (Å²) in [7, 11) is -3.70. The molecule has 2 aromatic carbocycles. The number of aliphatic hydroxyl groups is 1. The summed E-state index contributed by atoms with van der Waals surface area (Å²) in [5.74, 6) is -0.163. The van der Waals surface area contributed by atoms with Gasteiger partial charge in [0.15, 0.2) is 0 Å². The average molecular weight is 422 g/mol. The maximum atomic E-state index is 13.6. The van der Waals surface area contributed by atoms with Crippen molar-refractivity contribution in [1.29, 1.82) is 0 Å². The van der Waals surface area contributed by atoms with Crippen LogP contribution in [0.3, 0.4) is 0 Å². The molecule has 0 saturated carbocycles. The maximum absolute atomic E-state index is 13.6. The smallest absolute Gasteiger partial charge is 0.243 e. The van der Waals surface area contributed by atoms with E-state index in [1.807, 2.05) is 0 Å². The number of sulfonamides is 1. The minimum atomic E-state index is -3.70. The second-order valence-electron chi connectivity index (χ2n) is 7.55. The molecule has 7 heteroatoms. The Kier molecular flexibility index (Phi) is 6.93. The van der Waals surface area contributed by atoms with Crippen molar-refractivity contribution in [2.75, 3.05) is 13.1 Å². The molecule has 3 rings (SSSR count). The average Bonchev–Trinajstić information content (AvgIpc) is 2.70. The number of piperidine rings is 1. The van der Waals surface area contributed by atoms with Gasteiger partial charge in [-0.2, -0.15) is 4.31 Å². The Hall–Kier alpha value is -1.96. The fraction of sp³-hybridized carbons (Fsp3) is 0.455. The van der Waals surface area contributed by atoms with E-state index in [2.05, 4.69) is 6.92 Å². The minimum Gasteiger partial charge on any atom is -0.486 e. The zero-order valence-corrected chi connectivity index (χ0v) is 17.4. The zero-order valence-electron chi connectivity index (χ0n) is 16.6. The predicted octanol–water partition coefficient (Wildman–Crippen LogP) is 3.98. The van der Waals surface area contributed by atoms with Crippen LogP contribution in [0.2, 0.25) is 0 Å². The number of ether oxygens (including phenoxy) is 1. The molecule has 1 aliphatic rings. The third-order valence-corrected chi connectivity index (χ3v) is 7.31. The van der Waals surface area contributed by atoms with E-state index in [1.165, 1.54) is 22.5 Å². The van der Waals surface area contributed by atoms with E-state index in [4.69, 9.17) is 4.74 Å². The number of nitrogens with zero attached hydrogens (tertiary/aromatic N) is 1. The van der Waals surface area contributed by atoms with Gasteiger partial charge in [0, 0.05) is 12.6 Å². The fourth-order valence-corrected chi connectivity index (χ4v) is 5.17. The molecule has 1 N–H and O–H groups in total. The second kappa shape index (κ2) is 9.24. The number of unbranched alkanes of at least 4 members (excludes halogenated alkanes) is 2. The monoisotopic (exact) mass is 421 g/mol. The fourth-order valence-electron chi connectivity index (χ4n) is 3.70. The van der Waals surface area contributed by atoms with Crippen LogP contribution in [0.5, 0.6) is 5.75 Å². The summed E-state index contributed by atoms with van der Waals surface area (Å²) in [5.41, 5.74) is -1.16. The van der Waals surface area contributed by atoms with E-state index in [0.717, 1.165) is 19.3 Å². The molecule has 0 unspecified atom stereocenters. The van der Waals surface area contributed by atoms with Crippen LogP contribution in [-0.4, -0.2) is 42.6 Å². The van der Waals surface area contributed by atoms with Crippen molar-refractivity contribution in [3.8, 4) is 5.75 Å². The summed E-state index contributed by atoms with van der Waals surface area (Å²) in [4.78, 5) is 0.209. The first kappa shape index (κ1) is 21.7. The first-order valence-electron chi connectivity index (χ1n) is 10.0. The third kappa shape index (κ3) is 5.15. The predicted molar refractivity (Wildman–Crippen MR) is 110 cm³/mol. The van der Waals surface area contributed by atoms with Crippen LogP contribution in [0.1, 0.15) is 39.0 Å². The van der Waals surface area contributed by atoms with Crippen LogP contribution in [-0.2, 0) is 10.0 Å². The van der Waals surface area contributed by atoms with Crippen molar-refractivity contribution in [2.45, 2.75) is 55.6 Å². The summed E-state index contributed by atoms with van der Waals surface area (Å²) in [6.07, 6.45) is 2.80. The van der Waals surface area contributed by atoms with E-state index in [-0.39, 0.29) is 30.2 Å². The van der Waals surface area contributed by atoms with E-state index < -0.39 is 27.5 Å². The SMILES string of the molecule is CCCCC[C@]1(O)CCN(S(=O)(=O)c2ccccc2)C[C@@H]1Oc1cccc(F)c1. The van der Waals surface area contributed by atoms with Crippen LogP contribution < -0.4 is 4.74 Å². The van der Waals surface area contributed by atoms with E-state index in [1.54, 1.807) is 36.4 Å². The van der Waals surface area contributed by atoms with Crippen LogP contribution >= 0.6 is 0 Å². The van der Waals surface area contributed by atoms with Gasteiger partial charge in [-0.05, 0) is 37.1 Å². The molecule has 1 aliphatic heterocycles. The lowest BCUT2D eigenvalue weighted by Gasteiger charge is -2.43. The van der Waals surface area contributed by atoms with Gasteiger partial charge in [-0.3, -0.25) is 0 Å². The summed E-state index contributed by atoms with van der Waals surface area (Å²) >= 11 is 0. The van der Waals surface area contributed by atoms with E-state index in [0.29, 0.717) is 6.42 Å². The number of benzene rings is 2. The van der Waals surface area contributed by atoms with Gasteiger partial charge >= 0.3 is 0 Å². The largest absolute Gasteiger partial charge is 0.486 e. The Labute approximate surface area is 172 Å². The van der Waals surface area contributed by atoms with Gasteiger partial charge in [0.05, 0.1) is 11.4 Å². The van der Waals surface area contributed by atoms with E-state index in [9.17, 15) is 17.9 Å². The number of hydrogen-bond donors (Lipinski definition) is 1. The molecular formula is C22H28FNO4S. The van der Waals surface area contributed by atoms with Crippen LogP contribution in [0, 0.1) is 5.82 Å². The highest BCUT2D eigenvalue weighted by molar-refractivity contribution is 7.89. The highest BCUT2D eigenvalue weighted by atomic mass is 32.2. The molecule has 2 aromatic rings. The van der Waals surface area contributed by atoms with Gasteiger partial charge in [-0.25, -0.2) is 12.8 Å². The van der Waals surface area contributed by atoms with Crippen LogP contribution in [0.15, 0.2) is 59.5 Å². The topological polar surface area (TPSA) is 66.8 Å². The Bertz CT molecular complexity index is 906. The van der Waals surface area contributed by atoms with Gasteiger partial charge in [0.1, 0.15) is 23.3 Å². The van der Waals surface area contributed by atoms with Crippen molar-refractivity contribution >= 4 is 10.0 Å². The van der Waals surface area contributed by atoms with Crippen LogP contribution in [0.4, 0.5) is 4.39 Å². The lowest BCUT2D eigenvalue weighted by Crippen LogP contribution is -2.59. The number of halogens is 1. The molecule has 1 saturated heterocycles. The summed E-state index contributed by atoms with van der Waals surface area (Å²) in [6, 6.07) is 13.9. The molecule has 1 fully saturated rings. The quantitative estimate of drug-likeness (QED) is 0.655. The minimum absolute atomic E-state index is 0.0103. The Balaban J connectivity index is 1.85. The molecule has 0 amide bonds. The Morgan fingerprint density at radius 1 is 1.17 bits per heavy atom. The van der Waals surface area contributed by atoms with Crippen molar-refractivity contribution < 1.29 is 22.7 Å². The normalized spacial score (nSPS) is 23.1. The van der Waals surface area contributed by atoms with Gasteiger partial charge in [-0.15, -0.1) is 0 Å². The van der Waals surface area contributed by atoms with Gasteiger partial charge < -0.3 is 9.84 Å². The molecule has 2 atom stereocenters. The second-order valence-corrected chi connectivity index (χ2v) is 9.49. The highest BCUT2D eigenvalue weighted by Crippen LogP contribution is 2.34. The summed E-state index contributed by atoms with van der Waals surface area (Å²) in [5, 5.41) is 11.3. The van der Waals surface area contributed by atoms with Crippen molar-refractivity contribution in [1.82, 2.24) is 4.31 Å². The Morgan fingerprint density at radius 2 is 1.93 bits per heavy atom. The molecule has 0 radical (unpaired) electrons. The molecule has 5 nitrogen and oxygen atoms in total. The standard InChI is InChI=1S/C22H28FNO4S/c1-2-3-7-13-22(25)14-15-24(29(26,27)20-11-5-4-6-12-20)17-21(22)28-19-10-8-9-18(23)16-19/h4-6,8-12,16,21,25H,2-3,7,13-15,17H2,1H3/t21-,22-/m0/s1. The first-order valence-corrected chi connectivity index (χ1v) is 11.5. The first-order chi connectivity index (χ1) is 13.8. The molecule has 0 aromatic heterocycles. The van der Waals surface area contributed by atoms with Crippen LogP contribution in [0.25, 0.3) is 0 Å². The van der Waals surface area contributed by atoms with Crippen molar-refractivity contribution in [2.24, 2.45) is 0 Å². The van der Waals surface area contributed by atoms with Gasteiger partial charge in [0.2, 0.25) is 10.0 Å². The third-order valence-electron chi connectivity index (χ3n) is 5.43. The molecule has 1 heterocycles. The maximum Gasteiger partial charge on any atom is 0.243 e. The molecule has 0 spiro atoms. The van der Waals surface area contributed by atoms with Gasteiger partial charge in [0.25, 0.3) is 0 Å². The summed E-state index contributed by atoms with van der Waals surface area (Å²) < 4.78 is 47.0. The summed E-state index contributed by atoms with van der Waals surface area (Å²) in [6.45, 7) is 2.30. The molecule has 29 heavy (non-hydrogen) atoms. The Morgan fingerprint density at radius 3 is 2.62 bits per heavy atom. The zero-order chi connectivity index (χ0) is 20.9. The molecule has 0 bridgehead atoms. The van der Waals surface area contributed by atoms with Gasteiger partial charge in [-0.1, -0.05) is 50.5 Å².